The van der Waals surface area contributed by atoms with Gasteiger partial charge in [-0.25, -0.2) is 14.2 Å². The fraction of sp³-hybridized carbons (Fsp3) is 0.472. The van der Waals surface area contributed by atoms with Crippen molar-refractivity contribution < 1.29 is 68.9 Å². The second kappa shape index (κ2) is 31.3. The van der Waals surface area contributed by atoms with Crippen molar-refractivity contribution in [1.29, 1.82) is 0 Å². The number of amides is 5. The van der Waals surface area contributed by atoms with Gasteiger partial charge in [-0.3, -0.25) is 24.5 Å². The number of nitrogens with zero attached hydrogens (tertiary/aromatic N) is 8. The van der Waals surface area contributed by atoms with Crippen molar-refractivity contribution in [2.75, 3.05) is 124 Å². The second-order valence-corrected chi connectivity index (χ2v) is 26.9. The molecule has 520 valence electrons. The lowest BCUT2D eigenvalue weighted by atomic mass is 9.72. The summed E-state index contributed by atoms with van der Waals surface area (Å²) < 4.78 is 116. The van der Waals surface area contributed by atoms with E-state index in [1.54, 1.807) is 28.8 Å². The Balaban J connectivity index is 0.630. The van der Waals surface area contributed by atoms with Crippen molar-refractivity contribution in [1.82, 2.24) is 34.4 Å². The summed E-state index contributed by atoms with van der Waals surface area (Å²) in [7, 11) is 7.16. The highest BCUT2D eigenvalue weighted by Gasteiger charge is 2.50. The molecule has 3 fully saturated rings. The van der Waals surface area contributed by atoms with Crippen molar-refractivity contribution >= 4 is 51.9 Å². The number of thiazole rings is 1. The number of para-hydroxylation sites is 1. The molecule has 6 aromatic rings. The summed E-state index contributed by atoms with van der Waals surface area (Å²) in [5, 5.41) is 3.64. The van der Waals surface area contributed by atoms with Gasteiger partial charge < -0.3 is 48.5 Å². The number of aryl methyl sites for hydroxylation is 1. The van der Waals surface area contributed by atoms with Crippen molar-refractivity contribution in [3.8, 4) is 11.1 Å². The number of alkyl halides is 6. The van der Waals surface area contributed by atoms with Crippen LogP contribution < -0.4 is 10.2 Å². The number of likely N-dealkylation sites (tertiary alicyclic amines) is 2. The molecule has 5 amide bonds. The third-order valence-corrected chi connectivity index (χ3v) is 20.7. The molecule has 5 aromatic carbocycles. The van der Waals surface area contributed by atoms with E-state index in [2.05, 4.69) is 27.2 Å². The van der Waals surface area contributed by atoms with Gasteiger partial charge >= 0.3 is 18.4 Å². The first-order valence-corrected chi connectivity index (χ1v) is 33.8. The van der Waals surface area contributed by atoms with Gasteiger partial charge in [-0.2, -0.15) is 26.3 Å². The third kappa shape index (κ3) is 17.7. The predicted molar refractivity (Wildman–Crippen MR) is 356 cm³/mol. The van der Waals surface area contributed by atoms with Crippen molar-refractivity contribution in [3.05, 3.63) is 171 Å². The summed E-state index contributed by atoms with van der Waals surface area (Å²) in [5.74, 6) is -1.96. The van der Waals surface area contributed by atoms with Crippen LogP contribution in [0, 0.1) is 12.7 Å². The molecular weight excluding hydrogens is 1280 g/mol. The minimum absolute atomic E-state index is 0.0303. The van der Waals surface area contributed by atoms with Gasteiger partial charge in [0.1, 0.15) is 35.7 Å². The molecular formula is C72H84F7N9O8S. The maximum absolute atomic E-state index is 14.3. The minimum atomic E-state index is -5.15. The SMILES string of the molecule is Cc1nc(N(C)CCCCCC(=O)N(C)CCN2CCC(OC(=O)Nc3ccccc3-c3ccccc3)CC2)sc1C(=O)N(C)CCN(C)C(=O)CO[C@H]1Cc2ccccc2C12CCN(CC[C@]1(c3ccc(F)cc3)CN(C(=O)c3cc(C(F)(F)F)cc(C(F)(F)F)c3)CO1)CC2. The van der Waals surface area contributed by atoms with E-state index in [-0.39, 0.29) is 68.7 Å². The number of rotatable bonds is 25. The molecule has 3 aliphatic heterocycles. The molecule has 97 heavy (non-hydrogen) atoms. The molecule has 0 unspecified atom stereocenters. The Morgan fingerprint density at radius 3 is 2.05 bits per heavy atom. The van der Waals surface area contributed by atoms with Gasteiger partial charge in [0, 0.05) is 104 Å². The molecule has 1 aliphatic carbocycles. The van der Waals surface area contributed by atoms with Gasteiger partial charge in [-0.15, -0.1) is 0 Å². The number of carbonyl (C=O) groups excluding carboxylic acids is 5. The lowest BCUT2D eigenvalue weighted by Crippen LogP contribution is -2.50. The molecule has 2 atom stereocenters. The van der Waals surface area contributed by atoms with Crippen LogP contribution in [0.4, 0.5) is 46.3 Å². The number of fused-ring (bicyclic) bond motifs is 2. The molecule has 1 N–H and O–H groups in total. The highest BCUT2D eigenvalue weighted by atomic mass is 32.1. The average Bonchev–Trinajstić information content (AvgIpc) is 1.61. The number of halogens is 7. The summed E-state index contributed by atoms with van der Waals surface area (Å²) in [6.45, 7) is 6.66. The van der Waals surface area contributed by atoms with Crippen LogP contribution in [0.3, 0.4) is 0 Å². The maximum Gasteiger partial charge on any atom is 0.416 e. The van der Waals surface area contributed by atoms with E-state index in [0.717, 1.165) is 66.1 Å². The number of carbonyl (C=O) groups is 5. The molecule has 0 saturated carbocycles. The monoisotopic (exact) mass is 1370 g/mol. The number of anilines is 2. The number of aromatic nitrogens is 1. The Morgan fingerprint density at radius 1 is 0.711 bits per heavy atom. The van der Waals surface area contributed by atoms with Crippen LogP contribution in [0.1, 0.15) is 111 Å². The number of piperidine rings is 2. The standard InChI is InChI=1S/C72H84F7N9O8S/c1-49-64(97-67(80-49)85(5)32-15-7-10-22-62(89)82(2)40-41-86-33-27-57(28-34-86)96-68(93)81-60-21-14-12-19-58(60)50-16-8-6-9-17-50)66(92)84(4)39-38-83(3)63(90)46-94-61-44-51-18-11-13-20-59(51)69(61)29-35-87(36-30-69)37-31-70(53-23-25-56(73)26-24-53)47-88(48-95-70)65(91)52-42-54(71(74,75)76)45-55(43-52)72(77,78)79/h6,8-9,11-14,16-21,23-26,42-43,45,57,61H,7,10,15,22,27-41,44,46-48H2,1-5H3,(H,81,93)/t61-,70+/m0/s1. The molecule has 4 heterocycles. The van der Waals surface area contributed by atoms with Crippen LogP contribution in [0.15, 0.2) is 121 Å². The van der Waals surface area contributed by atoms with Crippen molar-refractivity contribution in [2.45, 2.75) is 107 Å². The van der Waals surface area contributed by atoms with E-state index in [9.17, 15) is 54.7 Å². The van der Waals surface area contributed by atoms with Gasteiger partial charge in [0.15, 0.2) is 5.13 Å². The zero-order chi connectivity index (χ0) is 69.2. The fourth-order valence-corrected chi connectivity index (χ4v) is 14.6. The van der Waals surface area contributed by atoms with Crippen molar-refractivity contribution in [3.63, 3.8) is 0 Å². The summed E-state index contributed by atoms with van der Waals surface area (Å²) in [6.07, 6.45) is -4.83. The highest BCUT2D eigenvalue weighted by Crippen LogP contribution is 2.49. The zero-order valence-electron chi connectivity index (χ0n) is 55.4. The summed E-state index contributed by atoms with van der Waals surface area (Å²) >= 11 is 1.32. The molecule has 10 rings (SSSR count). The molecule has 3 saturated heterocycles. The molecule has 0 radical (unpaired) electrons. The average molecular weight is 1370 g/mol. The number of benzene rings is 5. The molecule has 4 aliphatic rings. The fourth-order valence-electron chi connectivity index (χ4n) is 13.5. The first-order valence-electron chi connectivity index (χ1n) is 33.0. The first kappa shape index (κ1) is 71.8. The number of hydrogen-bond acceptors (Lipinski definition) is 13. The molecule has 25 heteroatoms. The van der Waals surface area contributed by atoms with Gasteiger partial charge in [-0.1, -0.05) is 103 Å². The lowest BCUT2D eigenvalue weighted by Gasteiger charge is -2.44. The van der Waals surface area contributed by atoms with Crippen LogP contribution in [0.25, 0.3) is 11.1 Å². The number of hydrogen-bond donors (Lipinski definition) is 1. The number of likely N-dealkylation sites (N-methyl/N-ethyl adjacent to an activating group) is 3. The number of unbranched alkanes of at least 4 members (excludes halogenated alkanes) is 2. The van der Waals surface area contributed by atoms with Crippen LogP contribution in [-0.2, 0) is 53.6 Å². The van der Waals surface area contributed by atoms with Crippen LogP contribution in [-0.4, -0.2) is 190 Å². The van der Waals surface area contributed by atoms with Gasteiger partial charge in [-0.05, 0) is 130 Å². The second-order valence-electron chi connectivity index (χ2n) is 26.0. The molecule has 0 bridgehead atoms. The summed E-state index contributed by atoms with van der Waals surface area (Å²) in [6, 6.07) is 31.9. The Bertz CT molecular complexity index is 3680. The van der Waals surface area contributed by atoms with E-state index in [4.69, 9.17) is 19.2 Å². The maximum atomic E-state index is 14.3. The zero-order valence-corrected chi connectivity index (χ0v) is 56.2. The van der Waals surface area contributed by atoms with E-state index < -0.39 is 64.6 Å². The Labute approximate surface area is 565 Å². The Morgan fingerprint density at radius 2 is 1.35 bits per heavy atom. The lowest BCUT2D eigenvalue weighted by molar-refractivity contribution is -0.143. The highest BCUT2D eigenvalue weighted by molar-refractivity contribution is 7.17. The topological polar surface area (TPSA) is 161 Å². The van der Waals surface area contributed by atoms with Crippen LogP contribution >= 0.6 is 11.3 Å². The Hall–Kier alpha value is -7.97. The van der Waals surface area contributed by atoms with Gasteiger partial charge in [0.25, 0.3) is 11.8 Å². The van der Waals surface area contributed by atoms with Gasteiger partial charge in [0.2, 0.25) is 11.8 Å². The number of nitrogens with one attached hydrogen (secondary N) is 1. The largest absolute Gasteiger partial charge is 0.446 e. The van der Waals surface area contributed by atoms with E-state index in [1.165, 1.54) is 35.6 Å². The van der Waals surface area contributed by atoms with Crippen LogP contribution in [0.2, 0.25) is 0 Å². The quantitative estimate of drug-likeness (QED) is 0.0427. The summed E-state index contributed by atoms with van der Waals surface area (Å²) in [4.78, 5) is 85.2. The third-order valence-electron chi connectivity index (χ3n) is 19.5. The normalized spacial score (nSPS) is 18.2. The van der Waals surface area contributed by atoms with Gasteiger partial charge in [0.05, 0.1) is 35.2 Å². The minimum Gasteiger partial charge on any atom is -0.446 e. The van der Waals surface area contributed by atoms with Crippen LogP contribution in [0.5, 0.6) is 0 Å². The number of ether oxygens (including phenoxy) is 3. The summed E-state index contributed by atoms with van der Waals surface area (Å²) in [5.41, 5.74) is 0.280. The Kier molecular flexibility index (Phi) is 23.1. The smallest absolute Gasteiger partial charge is 0.416 e. The van der Waals surface area contributed by atoms with E-state index >= 15 is 0 Å². The molecule has 1 aromatic heterocycles. The molecule has 1 spiro atoms. The van der Waals surface area contributed by atoms with E-state index in [0.29, 0.717) is 110 Å². The van der Waals surface area contributed by atoms with E-state index in [1.807, 2.05) is 92.6 Å². The molecule has 17 nitrogen and oxygen atoms in total. The van der Waals surface area contributed by atoms with Crippen molar-refractivity contribution in [2.24, 2.45) is 0 Å². The predicted octanol–water partition coefficient (Wildman–Crippen LogP) is 12.4. The first-order chi connectivity index (χ1) is 46.3.